The van der Waals surface area contributed by atoms with Gasteiger partial charge in [0.15, 0.2) is 0 Å². The zero-order chi connectivity index (χ0) is 20.9. The number of benzene rings is 2. The number of nitrogens with one attached hydrogen (secondary N) is 1. The molecule has 4 aromatic rings. The Hall–Kier alpha value is -3.74. The van der Waals surface area contributed by atoms with Gasteiger partial charge in [0.05, 0.1) is 0 Å². The summed E-state index contributed by atoms with van der Waals surface area (Å²) in [5.74, 6) is 1.29. The summed E-state index contributed by atoms with van der Waals surface area (Å²) in [6.45, 7) is 4.41. The number of carbonyl (C=O) groups excluding carboxylic acids is 1. The third-order valence-corrected chi connectivity index (χ3v) is 4.98. The van der Waals surface area contributed by atoms with Crippen molar-refractivity contribution in [1.29, 1.82) is 0 Å². The largest absolute Gasteiger partial charge is 0.489 e. The van der Waals surface area contributed by atoms with Gasteiger partial charge in [-0.15, -0.1) is 0 Å². The van der Waals surface area contributed by atoms with E-state index < -0.39 is 0 Å². The maximum absolute atomic E-state index is 12.4. The van der Waals surface area contributed by atoms with E-state index >= 15 is 0 Å². The van der Waals surface area contributed by atoms with Crippen molar-refractivity contribution in [2.24, 2.45) is 0 Å². The lowest BCUT2D eigenvalue weighted by molar-refractivity contribution is -0.116. The molecule has 30 heavy (non-hydrogen) atoms. The van der Waals surface area contributed by atoms with Crippen molar-refractivity contribution in [2.45, 2.75) is 33.3 Å². The fourth-order valence-corrected chi connectivity index (χ4v) is 3.35. The second-order valence-corrected chi connectivity index (χ2v) is 7.08. The van der Waals surface area contributed by atoms with E-state index in [1.54, 1.807) is 4.52 Å². The molecule has 4 rings (SSSR count). The van der Waals surface area contributed by atoms with Crippen LogP contribution in [0.3, 0.4) is 0 Å². The van der Waals surface area contributed by atoms with E-state index in [1.807, 2.05) is 68.4 Å². The molecule has 0 spiro atoms. The molecule has 0 aliphatic rings. The number of hydrogen-bond acceptors (Lipinski definition) is 5. The third-order valence-electron chi connectivity index (χ3n) is 4.98. The minimum atomic E-state index is -0.0505. The standard InChI is InChI=1S/C23H23N5O2/c1-16-21(17(2)28-23(26-16)24-15-25-28)12-13-22(29)27-19-8-10-20(11-9-19)30-14-18-6-4-3-5-7-18/h3-11,15H,12-14H2,1-2H3,(H,27,29). The minimum Gasteiger partial charge on any atom is -0.489 e. The molecule has 152 valence electrons. The van der Waals surface area contributed by atoms with Crippen LogP contribution in [0, 0.1) is 13.8 Å². The first-order chi connectivity index (χ1) is 14.6. The molecule has 0 unspecified atom stereocenters. The molecule has 0 saturated heterocycles. The minimum absolute atomic E-state index is 0.0505. The molecule has 2 aromatic heterocycles. The quantitative estimate of drug-likeness (QED) is 0.508. The van der Waals surface area contributed by atoms with Gasteiger partial charge < -0.3 is 10.1 Å². The highest BCUT2D eigenvalue weighted by Gasteiger charge is 2.12. The van der Waals surface area contributed by atoms with E-state index in [0.717, 1.165) is 34.0 Å². The zero-order valence-electron chi connectivity index (χ0n) is 17.0. The van der Waals surface area contributed by atoms with Crippen molar-refractivity contribution in [3.05, 3.63) is 83.4 Å². The smallest absolute Gasteiger partial charge is 0.252 e. The van der Waals surface area contributed by atoms with E-state index in [0.29, 0.717) is 25.2 Å². The van der Waals surface area contributed by atoms with Crippen molar-refractivity contribution in [2.75, 3.05) is 5.32 Å². The van der Waals surface area contributed by atoms with Crippen molar-refractivity contribution in [3.8, 4) is 5.75 Å². The first kappa shape index (κ1) is 19.6. The first-order valence-corrected chi connectivity index (χ1v) is 9.82. The predicted molar refractivity (Wildman–Crippen MR) is 114 cm³/mol. The van der Waals surface area contributed by atoms with Crippen LogP contribution in [0.1, 0.15) is 28.9 Å². The predicted octanol–water partition coefficient (Wildman–Crippen LogP) is 3.89. The van der Waals surface area contributed by atoms with Crippen LogP contribution in [-0.2, 0) is 17.8 Å². The molecular weight excluding hydrogens is 378 g/mol. The molecule has 0 atom stereocenters. The molecule has 0 bridgehead atoms. The molecule has 0 aliphatic heterocycles. The van der Waals surface area contributed by atoms with Crippen molar-refractivity contribution in [1.82, 2.24) is 19.6 Å². The number of aromatic nitrogens is 4. The summed E-state index contributed by atoms with van der Waals surface area (Å²) < 4.78 is 7.48. The SMILES string of the molecule is Cc1nc2ncnn2c(C)c1CCC(=O)Nc1ccc(OCc2ccccc2)cc1. The van der Waals surface area contributed by atoms with E-state index in [2.05, 4.69) is 20.4 Å². The highest BCUT2D eigenvalue weighted by Crippen LogP contribution is 2.19. The Morgan fingerprint density at radius 2 is 1.83 bits per heavy atom. The Balaban J connectivity index is 1.32. The van der Waals surface area contributed by atoms with Gasteiger partial charge in [-0.2, -0.15) is 10.1 Å². The normalized spacial score (nSPS) is 10.9. The van der Waals surface area contributed by atoms with Crippen molar-refractivity contribution in [3.63, 3.8) is 0 Å². The third kappa shape index (κ3) is 4.46. The summed E-state index contributed by atoms with van der Waals surface area (Å²) in [6, 6.07) is 17.4. The van der Waals surface area contributed by atoms with Crippen LogP contribution in [0.15, 0.2) is 60.9 Å². The molecule has 1 amide bonds. The Bertz CT molecular complexity index is 1150. The fourth-order valence-electron chi connectivity index (χ4n) is 3.35. The fraction of sp³-hybridized carbons (Fsp3) is 0.217. The van der Waals surface area contributed by atoms with Gasteiger partial charge in [-0.25, -0.2) is 9.50 Å². The number of hydrogen-bond donors (Lipinski definition) is 1. The molecule has 2 heterocycles. The molecule has 0 saturated carbocycles. The van der Waals surface area contributed by atoms with Gasteiger partial charge in [-0.05, 0) is 55.7 Å². The highest BCUT2D eigenvalue weighted by atomic mass is 16.5. The van der Waals surface area contributed by atoms with E-state index in [4.69, 9.17) is 4.74 Å². The molecule has 2 aromatic carbocycles. The molecule has 0 radical (unpaired) electrons. The molecule has 1 N–H and O–H groups in total. The van der Waals surface area contributed by atoms with Gasteiger partial charge in [-0.3, -0.25) is 4.79 Å². The molecule has 7 heteroatoms. The van der Waals surface area contributed by atoms with E-state index in [9.17, 15) is 4.79 Å². The number of ether oxygens (including phenoxy) is 1. The monoisotopic (exact) mass is 401 g/mol. The van der Waals surface area contributed by atoms with Gasteiger partial charge in [0.1, 0.15) is 18.7 Å². The van der Waals surface area contributed by atoms with Gasteiger partial charge in [0, 0.05) is 23.5 Å². The van der Waals surface area contributed by atoms with Gasteiger partial charge in [-0.1, -0.05) is 30.3 Å². The average Bonchev–Trinajstić information content (AvgIpc) is 3.22. The van der Waals surface area contributed by atoms with Crippen molar-refractivity contribution >= 4 is 17.4 Å². The number of fused-ring (bicyclic) bond motifs is 1. The number of rotatable bonds is 7. The lowest BCUT2D eigenvalue weighted by atomic mass is 10.1. The topological polar surface area (TPSA) is 81.4 Å². The Kier molecular flexibility index (Phi) is 5.70. The summed E-state index contributed by atoms with van der Waals surface area (Å²) in [5, 5.41) is 7.12. The van der Waals surface area contributed by atoms with Crippen LogP contribution >= 0.6 is 0 Å². The number of anilines is 1. The first-order valence-electron chi connectivity index (χ1n) is 9.82. The van der Waals surface area contributed by atoms with Crippen molar-refractivity contribution < 1.29 is 9.53 Å². The maximum Gasteiger partial charge on any atom is 0.252 e. The second-order valence-electron chi connectivity index (χ2n) is 7.08. The summed E-state index contributed by atoms with van der Waals surface area (Å²) in [6.07, 6.45) is 2.43. The number of amides is 1. The van der Waals surface area contributed by atoms with Crippen LogP contribution in [0.2, 0.25) is 0 Å². The average molecular weight is 401 g/mol. The maximum atomic E-state index is 12.4. The lowest BCUT2D eigenvalue weighted by Gasteiger charge is -2.11. The van der Waals surface area contributed by atoms with Gasteiger partial charge in [0.25, 0.3) is 5.78 Å². The van der Waals surface area contributed by atoms with Crippen LogP contribution in [0.25, 0.3) is 5.78 Å². The zero-order valence-corrected chi connectivity index (χ0v) is 17.0. The number of carbonyl (C=O) groups is 1. The van der Waals surface area contributed by atoms with Crippen LogP contribution in [0.4, 0.5) is 5.69 Å². The summed E-state index contributed by atoms with van der Waals surface area (Å²) in [7, 11) is 0. The Labute approximate surface area is 174 Å². The van der Waals surface area contributed by atoms with Crippen LogP contribution in [0.5, 0.6) is 5.75 Å². The molecule has 0 fully saturated rings. The van der Waals surface area contributed by atoms with Gasteiger partial charge >= 0.3 is 0 Å². The highest BCUT2D eigenvalue weighted by molar-refractivity contribution is 5.90. The van der Waals surface area contributed by atoms with Gasteiger partial charge in [0.2, 0.25) is 5.91 Å². The second kappa shape index (κ2) is 8.73. The molecule has 7 nitrogen and oxygen atoms in total. The lowest BCUT2D eigenvalue weighted by Crippen LogP contribution is -2.14. The molecule has 0 aliphatic carbocycles. The van der Waals surface area contributed by atoms with Crippen LogP contribution < -0.4 is 10.1 Å². The Morgan fingerprint density at radius 1 is 1.07 bits per heavy atom. The van der Waals surface area contributed by atoms with E-state index in [1.165, 1.54) is 6.33 Å². The Morgan fingerprint density at radius 3 is 2.60 bits per heavy atom. The summed E-state index contributed by atoms with van der Waals surface area (Å²) in [4.78, 5) is 21.0. The van der Waals surface area contributed by atoms with E-state index in [-0.39, 0.29) is 5.91 Å². The summed E-state index contributed by atoms with van der Waals surface area (Å²) >= 11 is 0. The number of aryl methyl sites for hydroxylation is 2. The number of nitrogens with zero attached hydrogens (tertiary/aromatic N) is 4. The molecular formula is C23H23N5O2. The summed E-state index contributed by atoms with van der Waals surface area (Å²) in [5.41, 5.74) is 4.71. The van der Waals surface area contributed by atoms with Crippen LogP contribution in [-0.4, -0.2) is 25.5 Å².